The smallest absolute Gasteiger partial charge is 0.270 e. The molecule has 0 aliphatic carbocycles. The lowest BCUT2D eigenvalue weighted by molar-refractivity contribution is -0.117. The molecule has 1 aromatic heterocycles. The molecule has 7 nitrogen and oxygen atoms in total. The third-order valence-electron chi connectivity index (χ3n) is 5.51. The Morgan fingerprint density at radius 2 is 1.87 bits per heavy atom. The lowest BCUT2D eigenvalue weighted by Gasteiger charge is -2.26. The minimum Gasteiger partial charge on any atom is -0.508 e. The summed E-state index contributed by atoms with van der Waals surface area (Å²) in [6.07, 6.45) is 2.37. The average Bonchev–Trinajstić information content (AvgIpc) is 3.16. The molecule has 1 atom stereocenters. The van der Waals surface area contributed by atoms with Crippen LogP contribution in [-0.2, 0) is 27.8 Å². The van der Waals surface area contributed by atoms with Crippen LogP contribution in [0.2, 0.25) is 0 Å². The van der Waals surface area contributed by atoms with E-state index in [-0.39, 0.29) is 48.7 Å². The number of aromatic hydroxyl groups is 1. The van der Waals surface area contributed by atoms with Gasteiger partial charge >= 0.3 is 0 Å². The second-order valence-corrected chi connectivity index (χ2v) is 9.24. The number of phenols is 1. The van der Waals surface area contributed by atoms with E-state index in [2.05, 4.69) is 10.3 Å². The molecule has 0 spiro atoms. The number of Topliss-reactive ketones (excluding diaryl/α,β-unsaturated/α-hetero) is 1. The summed E-state index contributed by atoms with van der Waals surface area (Å²) >= 11 is 0. The number of nitrogens with zero attached hydrogens (tertiary/aromatic N) is 1. The molecule has 1 aliphatic heterocycles. The van der Waals surface area contributed by atoms with Crippen LogP contribution in [0.3, 0.4) is 0 Å². The standard InChI is InChI=1S/C24H30N2O5/c1-23(2,3)19-5-4-16(13-21(19)29)10-18(28)11-17-6-8-25-20(12-17)22(30)26-24(14-27)7-9-31-15-24/h4-6,8,12-13,27,29H,7,9-11,14-15H2,1-3H3,(H,26,30). The van der Waals surface area contributed by atoms with E-state index >= 15 is 0 Å². The maximum absolute atomic E-state index is 12.6. The highest BCUT2D eigenvalue weighted by atomic mass is 16.5. The van der Waals surface area contributed by atoms with Crippen LogP contribution >= 0.6 is 0 Å². The molecule has 2 aromatic rings. The number of aromatic nitrogens is 1. The van der Waals surface area contributed by atoms with Gasteiger partial charge in [-0.15, -0.1) is 0 Å². The van der Waals surface area contributed by atoms with Gasteiger partial charge in [0.05, 0.1) is 18.8 Å². The number of ketones is 1. The molecular weight excluding hydrogens is 396 g/mol. The summed E-state index contributed by atoms with van der Waals surface area (Å²) in [6.45, 7) is 6.59. The van der Waals surface area contributed by atoms with E-state index in [1.165, 1.54) is 6.20 Å². The normalized spacial score (nSPS) is 18.7. The number of pyridine rings is 1. The fraction of sp³-hybridized carbons (Fsp3) is 0.458. The Morgan fingerprint density at radius 3 is 2.45 bits per heavy atom. The fourth-order valence-corrected chi connectivity index (χ4v) is 3.72. The molecule has 1 saturated heterocycles. The van der Waals surface area contributed by atoms with E-state index in [9.17, 15) is 19.8 Å². The molecule has 1 amide bonds. The van der Waals surface area contributed by atoms with Crippen molar-refractivity contribution in [3.8, 4) is 5.75 Å². The summed E-state index contributed by atoms with van der Waals surface area (Å²) in [4.78, 5) is 29.3. The number of phenolic OH excluding ortho intramolecular Hbond substituents is 1. The minimum atomic E-state index is -0.786. The number of aliphatic hydroxyl groups excluding tert-OH is 1. The van der Waals surface area contributed by atoms with Gasteiger partial charge in [-0.2, -0.15) is 0 Å². The van der Waals surface area contributed by atoms with Crippen LogP contribution in [0.25, 0.3) is 0 Å². The van der Waals surface area contributed by atoms with Crippen molar-refractivity contribution in [1.82, 2.24) is 10.3 Å². The molecular formula is C24H30N2O5. The zero-order valence-corrected chi connectivity index (χ0v) is 18.3. The zero-order chi connectivity index (χ0) is 22.6. The Labute approximate surface area is 182 Å². The average molecular weight is 427 g/mol. The molecule has 0 radical (unpaired) electrons. The summed E-state index contributed by atoms with van der Waals surface area (Å²) in [6, 6.07) is 8.66. The van der Waals surface area contributed by atoms with Crippen LogP contribution in [0.5, 0.6) is 5.75 Å². The van der Waals surface area contributed by atoms with Gasteiger partial charge < -0.3 is 20.3 Å². The van der Waals surface area contributed by atoms with Crippen molar-refractivity contribution in [2.75, 3.05) is 19.8 Å². The topological polar surface area (TPSA) is 109 Å². The summed E-state index contributed by atoms with van der Waals surface area (Å²) in [5.41, 5.74) is 1.49. The van der Waals surface area contributed by atoms with E-state index in [4.69, 9.17) is 4.74 Å². The number of carbonyl (C=O) groups excluding carboxylic acids is 2. The summed E-state index contributed by atoms with van der Waals surface area (Å²) in [7, 11) is 0. The van der Waals surface area contributed by atoms with E-state index in [1.54, 1.807) is 18.2 Å². The maximum atomic E-state index is 12.6. The van der Waals surface area contributed by atoms with Crippen molar-refractivity contribution < 1.29 is 24.5 Å². The first-order valence-corrected chi connectivity index (χ1v) is 10.4. The first-order valence-electron chi connectivity index (χ1n) is 10.4. The van der Waals surface area contributed by atoms with Crippen molar-refractivity contribution in [2.24, 2.45) is 0 Å². The molecule has 0 saturated carbocycles. The Balaban J connectivity index is 1.65. The van der Waals surface area contributed by atoms with Crippen LogP contribution < -0.4 is 5.32 Å². The minimum absolute atomic E-state index is 0.0310. The van der Waals surface area contributed by atoms with Gasteiger partial charge in [-0.05, 0) is 46.7 Å². The molecule has 3 N–H and O–H groups in total. The van der Waals surface area contributed by atoms with Gasteiger partial charge in [0.2, 0.25) is 0 Å². The maximum Gasteiger partial charge on any atom is 0.270 e. The largest absolute Gasteiger partial charge is 0.508 e. The summed E-state index contributed by atoms with van der Waals surface area (Å²) in [5.74, 6) is -0.248. The van der Waals surface area contributed by atoms with Gasteiger partial charge in [-0.25, -0.2) is 0 Å². The molecule has 1 aliphatic rings. The molecule has 1 fully saturated rings. The summed E-state index contributed by atoms with van der Waals surface area (Å²) < 4.78 is 5.30. The number of hydrogen-bond acceptors (Lipinski definition) is 6. The van der Waals surface area contributed by atoms with E-state index in [0.29, 0.717) is 18.6 Å². The molecule has 1 unspecified atom stereocenters. The highest BCUT2D eigenvalue weighted by molar-refractivity contribution is 5.93. The van der Waals surface area contributed by atoms with E-state index < -0.39 is 11.4 Å². The van der Waals surface area contributed by atoms with E-state index in [1.807, 2.05) is 32.9 Å². The molecule has 7 heteroatoms. The third kappa shape index (κ3) is 5.68. The monoisotopic (exact) mass is 426 g/mol. The number of amides is 1. The second-order valence-electron chi connectivity index (χ2n) is 9.24. The number of ether oxygens (including phenoxy) is 1. The molecule has 1 aromatic carbocycles. The highest BCUT2D eigenvalue weighted by Crippen LogP contribution is 2.31. The number of rotatable bonds is 7. The number of carbonyl (C=O) groups is 2. The van der Waals surface area contributed by atoms with Gasteiger partial charge in [0, 0.05) is 25.6 Å². The van der Waals surface area contributed by atoms with Crippen LogP contribution in [0.4, 0.5) is 0 Å². The van der Waals surface area contributed by atoms with Gasteiger partial charge in [-0.1, -0.05) is 32.9 Å². The molecule has 0 bridgehead atoms. The lowest BCUT2D eigenvalue weighted by atomic mass is 9.85. The van der Waals surface area contributed by atoms with Crippen LogP contribution in [0.1, 0.15) is 54.4 Å². The number of aliphatic hydroxyl groups is 1. The van der Waals surface area contributed by atoms with Gasteiger partial charge in [-0.3, -0.25) is 14.6 Å². The van der Waals surface area contributed by atoms with Crippen molar-refractivity contribution in [3.05, 3.63) is 58.9 Å². The predicted octanol–water partition coefficient (Wildman–Crippen LogP) is 2.32. The number of hydrogen-bond donors (Lipinski definition) is 3. The Bertz CT molecular complexity index is 959. The molecule has 166 valence electrons. The van der Waals surface area contributed by atoms with Crippen LogP contribution in [0.15, 0.2) is 36.5 Å². The van der Waals surface area contributed by atoms with Gasteiger partial charge in [0.15, 0.2) is 0 Å². The molecule has 31 heavy (non-hydrogen) atoms. The number of benzene rings is 1. The fourth-order valence-electron chi connectivity index (χ4n) is 3.72. The Morgan fingerprint density at radius 1 is 1.16 bits per heavy atom. The van der Waals surface area contributed by atoms with Crippen molar-refractivity contribution >= 4 is 11.7 Å². The first-order chi connectivity index (χ1) is 14.6. The lowest BCUT2D eigenvalue weighted by Crippen LogP contribution is -2.52. The van der Waals surface area contributed by atoms with Crippen molar-refractivity contribution in [2.45, 2.75) is 51.0 Å². The summed E-state index contributed by atoms with van der Waals surface area (Å²) in [5, 5.41) is 22.7. The zero-order valence-electron chi connectivity index (χ0n) is 18.3. The van der Waals surface area contributed by atoms with Crippen molar-refractivity contribution in [3.63, 3.8) is 0 Å². The third-order valence-corrected chi connectivity index (χ3v) is 5.51. The van der Waals surface area contributed by atoms with Gasteiger partial charge in [0.25, 0.3) is 5.91 Å². The highest BCUT2D eigenvalue weighted by Gasteiger charge is 2.36. The van der Waals surface area contributed by atoms with E-state index in [0.717, 1.165) is 11.1 Å². The van der Waals surface area contributed by atoms with Crippen LogP contribution in [-0.4, -0.2) is 52.2 Å². The SMILES string of the molecule is CC(C)(C)c1ccc(CC(=O)Cc2ccnc(C(=O)NC3(CO)CCOC3)c2)cc1O. The Kier molecular flexibility index (Phi) is 6.77. The first kappa shape index (κ1) is 22.9. The van der Waals surface area contributed by atoms with Gasteiger partial charge in [0.1, 0.15) is 17.2 Å². The number of nitrogens with one attached hydrogen (secondary N) is 1. The van der Waals surface area contributed by atoms with Crippen molar-refractivity contribution in [1.29, 1.82) is 0 Å². The quantitative estimate of drug-likeness (QED) is 0.627. The molecule has 2 heterocycles. The predicted molar refractivity (Wildman–Crippen MR) is 116 cm³/mol. The Hall–Kier alpha value is -2.77. The molecule has 3 rings (SSSR count). The van der Waals surface area contributed by atoms with Crippen LogP contribution in [0, 0.1) is 0 Å². The second kappa shape index (κ2) is 9.16.